The van der Waals surface area contributed by atoms with Gasteiger partial charge in [-0.05, 0) is 31.6 Å². The minimum absolute atomic E-state index is 0.0819. The zero-order chi connectivity index (χ0) is 25.9. The van der Waals surface area contributed by atoms with E-state index in [-0.39, 0.29) is 30.8 Å². The molecule has 0 saturated carbocycles. The molecule has 190 valence electrons. The Morgan fingerprint density at radius 3 is 1.70 bits per heavy atom. The monoisotopic (exact) mass is 473 g/mol. The van der Waals surface area contributed by atoms with Crippen molar-refractivity contribution in [2.75, 3.05) is 6.54 Å². The molecule has 0 spiro atoms. The fourth-order valence-electron chi connectivity index (χ4n) is 2.80. The SMILES string of the molecule is CC(C)C(NC(=O)C(N)C(C)O)C(=O)NC(C(=O)NC(CCCN=C(N)N)C(=O)O)C(C)C. The van der Waals surface area contributed by atoms with Crippen molar-refractivity contribution in [2.45, 2.75) is 77.7 Å². The van der Waals surface area contributed by atoms with Crippen LogP contribution in [0.5, 0.6) is 0 Å². The van der Waals surface area contributed by atoms with E-state index < -0.39 is 54.0 Å². The van der Waals surface area contributed by atoms with Crippen molar-refractivity contribution in [3.05, 3.63) is 0 Å². The standard InChI is InChI=1S/C20H39N7O6/c1-9(2)14(17(30)25-12(19(32)33)7-6-8-24-20(22)23)27-18(31)15(10(3)4)26-16(29)13(21)11(5)28/h9-15,28H,6-8,21H2,1-5H3,(H,25,30)(H,26,29)(H,27,31)(H,32,33)(H4,22,23,24). The summed E-state index contributed by atoms with van der Waals surface area (Å²) in [5, 5.41) is 26.4. The molecule has 0 heterocycles. The van der Waals surface area contributed by atoms with E-state index in [0.717, 1.165) is 0 Å². The third-order valence-electron chi connectivity index (χ3n) is 4.88. The summed E-state index contributed by atoms with van der Waals surface area (Å²) < 4.78 is 0. The predicted octanol–water partition coefficient (Wildman–Crippen LogP) is -2.40. The molecule has 0 saturated heterocycles. The number of hydrogen-bond acceptors (Lipinski definition) is 7. The fourth-order valence-corrected chi connectivity index (χ4v) is 2.80. The largest absolute Gasteiger partial charge is 0.480 e. The molecule has 0 fully saturated rings. The number of aliphatic hydroxyl groups is 1. The van der Waals surface area contributed by atoms with Gasteiger partial charge in [0.15, 0.2) is 5.96 Å². The molecule has 0 radical (unpaired) electrons. The lowest BCUT2D eigenvalue weighted by atomic mass is 9.98. The van der Waals surface area contributed by atoms with Crippen LogP contribution < -0.4 is 33.2 Å². The summed E-state index contributed by atoms with van der Waals surface area (Å²) in [5.41, 5.74) is 16.1. The van der Waals surface area contributed by atoms with Crippen LogP contribution in [0.25, 0.3) is 0 Å². The molecule has 5 unspecified atom stereocenters. The molecule has 5 atom stereocenters. The van der Waals surface area contributed by atoms with Gasteiger partial charge in [-0.15, -0.1) is 0 Å². The number of hydrogen-bond donors (Lipinski definition) is 8. The molecule has 11 N–H and O–H groups in total. The Labute approximate surface area is 193 Å². The van der Waals surface area contributed by atoms with Gasteiger partial charge in [-0.2, -0.15) is 0 Å². The second kappa shape index (κ2) is 14.3. The number of guanidine groups is 1. The van der Waals surface area contributed by atoms with Crippen molar-refractivity contribution in [1.82, 2.24) is 16.0 Å². The number of nitrogens with zero attached hydrogens (tertiary/aromatic N) is 1. The van der Waals surface area contributed by atoms with Gasteiger partial charge < -0.3 is 43.4 Å². The molecule has 0 aliphatic rings. The molecular formula is C20H39N7O6. The quantitative estimate of drug-likeness (QED) is 0.0761. The third-order valence-corrected chi connectivity index (χ3v) is 4.88. The van der Waals surface area contributed by atoms with E-state index in [1.165, 1.54) is 6.92 Å². The first kappa shape index (κ1) is 30.1. The summed E-state index contributed by atoms with van der Waals surface area (Å²) in [5.74, 6) is -4.11. The van der Waals surface area contributed by atoms with Crippen molar-refractivity contribution < 1.29 is 29.4 Å². The van der Waals surface area contributed by atoms with Crippen LogP contribution in [0.2, 0.25) is 0 Å². The highest BCUT2D eigenvalue weighted by atomic mass is 16.4. The molecule has 0 bridgehead atoms. The van der Waals surface area contributed by atoms with Crippen LogP contribution in [-0.4, -0.2) is 76.7 Å². The van der Waals surface area contributed by atoms with Crippen LogP contribution in [0, 0.1) is 11.8 Å². The normalized spacial score (nSPS) is 15.7. The molecule has 0 rings (SSSR count). The minimum Gasteiger partial charge on any atom is -0.480 e. The van der Waals surface area contributed by atoms with E-state index in [1.54, 1.807) is 27.7 Å². The number of nitrogens with one attached hydrogen (secondary N) is 3. The van der Waals surface area contributed by atoms with Gasteiger partial charge in [0.25, 0.3) is 0 Å². The maximum atomic E-state index is 12.9. The molecule has 0 aliphatic carbocycles. The van der Waals surface area contributed by atoms with Gasteiger partial charge in [-0.1, -0.05) is 27.7 Å². The summed E-state index contributed by atoms with van der Waals surface area (Å²) in [6, 6.07) is -4.50. The molecule has 0 aromatic rings. The van der Waals surface area contributed by atoms with Crippen molar-refractivity contribution in [3.8, 4) is 0 Å². The van der Waals surface area contributed by atoms with Gasteiger partial charge in [0.1, 0.15) is 24.2 Å². The van der Waals surface area contributed by atoms with E-state index in [9.17, 15) is 29.4 Å². The lowest BCUT2D eigenvalue weighted by Crippen LogP contribution is -2.60. The highest BCUT2D eigenvalue weighted by Gasteiger charge is 2.33. The van der Waals surface area contributed by atoms with Gasteiger partial charge in [0.2, 0.25) is 17.7 Å². The summed E-state index contributed by atoms with van der Waals surface area (Å²) in [6.07, 6.45) is -0.716. The zero-order valence-electron chi connectivity index (χ0n) is 19.9. The maximum Gasteiger partial charge on any atom is 0.326 e. The Bertz CT molecular complexity index is 707. The topological polar surface area (TPSA) is 235 Å². The van der Waals surface area contributed by atoms with E-state index in [1.807, 2.05) is 0 Å². The van der Waals surface area contributed by atoms with Gasteiger partial charge in [0, 0.05) is 6.54 Å². The fraction of sp³-hybridized carbons (Fsp3) is 0.750. The Kier molecular flexibility index (Phi) is 13.0. The zero-order valence-corrected chi connectivity index (χ0v) is 19.9. The molecular weight excluding hydrogens is 434 g/mol. The van der Waals surface area contributed by atoms with Crippen LogP contribution in [0.3, 0.4) is 0 Å². The van der Waals surface area contributed by atoms with E-state index in [2.05, 4.69) is 20.9 Å². The highest BCUT2D eigenvalue weighted by molar-refractivity contribution is 5.94. The van der Waals surface area contributed by atoms with Crippen molar-refractivity contribution in [1.29, 1.82) is 0 Å². The molecule has 0 aliphatic heterocycles. The predicted molar refractivity (Wildman–Crippen MR) is 123 cm³/mol. The average molecular weight is 474 g/mol. The summed E-state index contributed by atoms with van der Waals surface area (Å²) >= 11 is 0. The number of carbonyl (C=O) groups excluding carboxylic acids is 3. The second-order valence-corrected chi connectivity index (χ2v) is 8.58. The first-order chi connectivity index (χ1) is 15.2. The van der Waals surface area contributed by atoms with E-state index in [0.29, 0.717) is 6.42 Å². The van der Waals surface area contributed by atoms with Crippen molar-refractivity contribution in [3.63, 3.8) is 0 Å². The van der Waals surface area contributed by atoms with Crippen molar-refractivity contribution in [2.24, 2.45) is 34.0 Å². The average Bonchev–Trinajstić information content (AvgIpc) is 2.70. The maximum absolute atomic E-state index is 12.9. The first-order valence-corrected chi connectivity index (χ1v) is 10.8. The number of nitrogens with two attached hydrogens (primary N) is 3. The second-order valence-electron chi connectivity index (χ2n) is 8.58. The van der Waals surface area contributed by atoms with E-state index in [4.69, 9.17) is 17.2 Å². The Morgan fingerprint density at radius 2 is 1.30 bits per heavy atom. The molecule has 33 heavy (non-hydrogen) atoms. The van der Waals surface area contributed by atoms with E-state index >= 15 is 0 Å². The number of rotatable bonds is 14. The number of aliphatic hydroxyl groups excluding tert-OH is 1. The smallest absolute Gasteiger partial charge is 0.326 e. The van der Waals surface area contributed by atoms with Crippen LogP contribution in [0.4, 0.5) is 0 Å². The van der Waals surface area contributed by atoms with Gasteiger partial charge in [-0.3, -0.25) is 19.4 Å². The van der Waals surface area contributed by atoms with Crippen LogP contribution in [0.1, 0.15) is 47.5 Å². The number of amides is 3. The molecule has 3 amide bonds. The van der Waals surface area contributed by atoms with Gasteiger partial charge in [0.05, 0.1) is 6.10 Å². The molecule has 0 aromatic carbocycles. The van der Waals surface area contributed by atoms with Crippen LogP contribution in [-0.2, 0) is 19.2 Å². The van der Waals surface area contributed by atoms with Crippen molar-refractivity contribution >= 4 is 29.7 Å². The summed E-state index contributed by atoms with van der Waals surface area (Å²) in [4.78, 5) is 53.2. The number of carboxylic acids is 1. The number of carboxylic acid groups (broad SMARTS) is 1. The number of aliphatic imine (C=N–C) groups is 1. The molecule has 0 aromatic heterocycles. The van der Waals surface area contributed by atoms with Gasteiger partial charge in [-0.25, -0.2) is 4.79 Å². The Morgan fingerprint density at radius 1 is 0.848 bits per heavy atom. The lowest BCUT2D eigenvalue weighted by Gasteiger charge is -2.28. The first-order valence-electron chi connectivity index (χ1n) is 10.8. The Balaban J connectivity index is 5.31. The van der Waals surface area contributed by atoms with Gasteiger partial charge >= 0.3 is 5.97 Å². The van der Waals surface area contributed by atoms with Crippen LogP contribution >= 0.6 is 0 Å². The summed E-state index contributed by atoms with van der Waals surface area (Å²) in [7, 11) is 0. The molecule has 13 nitrogen and oxygen atoms in total. The Hall–Kier alpha value is -2.93. The number of carbonyl (C=O) groups is 4. The minimum atomic E-state index is -1.23. The number of aliphatic carboxylic acids is 1. The molecule has 13 heteroatoms. The highest BCUT2D eigenvalue weighted by Crippen LogP contribution is 2.09. The van der Waals surface area contributed by atoms with Crippen LogP contribution in [0.15, 0.2) is 4.99 Å². The third kappa shape index (κ3) is 11.0. The lowest BCUT2D eigenvalue weighted by molar-refractivity contribution is -0.143. The summed E-state index contributed by atoms with van der Waals surface area (Å²) in [6.45, 7) is 8.32.